The number of fused-ring (bicyclic) bond motifs is 1. The van der Waals surface area contributed by atoms with Crippen LogP contribution < -0.4 is 10.1 Å². The number of hydrogen-bond donors (Lipinski definition) is 1. The van der Waals surface area contributed by atoms with Gasteiger partial charge in [0.25, 0.3) is 0 Å². The van der Waals surface area contributed by atoms with Crippen LogP contribution in [0.15, 0.2) is 23.8 Å². The molecular weight excluding hydrogens is 258 g/mol. The summed E-state index contributed by atoms with van der Waals surface area (Å²) in [5.74, 6) is 1.86. The van der Waals surface area contributed by atoms with Crippen LogP contribution in [-0.4, -0.2) is 19.7 Å². The lowest BCUT2D eigenvalue weighted by Gasteiger charge is -2.25. The van der Waals surface area contributed by atoms with E-state index in [4.69, 9.17) is 4.74 Å². The Morgan fingerprint density at radius 2 is 2.14 bits per heavy atom. The van der Waals surface area contributed by atoms with E-state index in [-0.39, 0.29) is 0 Å². The molecule has 0 aromatic heterocycles. The summed E-state index contributed by atoms with van der Waals surface area (Å²) < 4.78 is 5.61. The number of likely N-dealkylation sites (N-methyl/N-ethyl adjacent to an activating group) is 1. The Hall–Kier alpha value is -1.28. The van der Waals surface area contributed by atoms with Crippen LogP contribution in [0.4, 0.5) is 0 Å². The lowest BCUT2D eigenvalue weighted by molar-refractivity contribution is 0.357. The van der Waals surface area contributed by atoms with Gasteiger partial charge in [-0.05, 0) is 48.6 Å². The summed E-state index contributed by atoms with van der Waals surface area (Å²) in [5, 5.41) is 3.53. The topological polar surface area (TPSA) is 21.3 Å². The van der Waals surface area contributed by atoms with Gasteiger partial charge in [0.1, 0.15) is 5.75 Å². The molecule has 2 heteroatoms. The second kappa shape index (κ2) is 7.13. The quantitative estimate of drug-likeness (QED) is 0.875. The molecule has 0 radical (unpaired) electrons. The van der Waals surface area contributed by atoms with Crippen LogP contribution in [0.1, 0.15) is 50.2 Å². The van der Waals surface area contributed by atoms with Crippen molar-refractivity contribution in [1.29, 1.82) is 0 Å². The minimum Gasteiger partial charge on any atom is -0.493 e. The van der Waals surface area contributed by atoms with Crippen molar-refractivity contribution in [2.45, 2.75) is 45.4 Å². The summed E-state index contributed by atoms with van der Waals surface area (Å²) in [6, 6.07) is 6.66. The first-order chi connectivity index (χ1) is 10.4. The van der Waals surface area contributed by atoms with Gasteiger partial charge in [0.05, 0.1) is 6.61 Å². The molecule has 1 saturated carbocycles. The summed E-state index contributed by atoms with van der Waals surface area (Å²) >= 11 is 0. The van der Waals surface area contributed by atoms with Crippen LogP contribution in [0.5, 0.6) is 5.75 Å². The molecule has 1 N–H and O–H groups in total. The maximum atomic E-state index is 5.61. The van der Waals surface area contributed by atoms with Crippen LogP contribution in [-0.2, 0) is 6.42 Å². The summed E-state index contributed by atoms with van der Waals surface area (Å²) in [6.45, 7) is 5.11. The predicted molar refractivity (Wildman–Crippen MR) is 88.7 cm³/mol. The van der Waals surface area contributed by atoms with E-state index in [0.29, 0.717) is 0 Å². The second-order valence-electron chi connectivity index (χ2n) is 6.30. The Kier molecular flexibility index (Phi) is 4.97. The van der Waals surface area contributed by atoms with Crippen molar-refractivity contribution in [1.82, 2.24) is 5.32 Å². The highest BCUT2D eigenvalue weighted by Gasteiger charge is 2.18. The Labute approximate surface area is 128 Å². The van der Waals surface area contributed by atoms with Crippen LogP contribution in [0.3, 0.4) is 0 Å². The van der Waals surface area contributed by atoms with E-state index < -0.39 is 0 Å². The Morgan fingerprint density at radius 1 is 1.29 bits per heavy atom. The van der Waals surface area contributed by atoms with Gasteiger partial charge in [-0.15, -0.1) is 0 Å². The maximum absolute atomic E-state index is 5.61. The monoisotopic (exact) mass is 285 g/mol. The fourth-order valence-electron chi connectivity index (χ4n) is 3.57. The Morgan fingerprint density at radius 3 is 2.95 bits per heavy atom. The lowest BCUT2D eigenvalue weighted by Crippen LogP contribution is -2.22. The molecule has 2 nitrogen and oxygen atoms in total. The Bertz CT molecular complexity index is 500. The summed E-state index contributed by atoms with van der Waals surface area (Å²) in [7, 11) is 0. The second-order valence-corrected chi connectivity index (χ2v) is 6.30. The molecule has 0 unspecified atom stereocenters. The molecule has 0 amide bonds. The highest BCUT2D eigenvalue weighted by Crippen LogP contribution is 2.32. The van der Waals surface area contributed by atoms with Gasteiger partial charge in [0.15, 0.2) is 0 Å². The summed E-state index contributed by atoms with van der Waals surface area (Å²) in [6.07, 6.45) is 10.4. The van der Waals surface area contributed by atoms with Crippen molar-refractivity contribution in [2.75, 3.05) is 19.7 Å². The molecule has 114 valence electrons. The van der Waals surface area contributed by atoms with E-state index in [1.807, 2.05) is 0 Å². The van der Waals surface area contributed by atoms with Crippen molar-refractivity contribution in [3.8, 4) is 5.75 Å². The van der Waals surface area contributed by atoms with Crippen molar-refractivity contribution >= 4 is 6.08 Å². The van der Waals surface area contributed by atoms with Crippen LogP contribution in [0.2, 0.25) is 0 Å². The van der Waals surface area contributed by atoms with Gasteiger partial charge in [-0.3, -0.25) is 0 Å². The standard InChI is InChI=1S/C19H27NO/c1-2-20-14-18(16-6-4-3-5-7-16)13-15-8-9-19-17(12-15)10-11-21-19/h8-9,12-13,16,20H,2-7,10-11,14H2,1H3/b18-13-. The number of ether oxygens (including phenoxy) is 1. The highest BCUT2D eigenvalue weighted by atomic mass is 16.5. The molecule has 0 bridgehead atoms. The summed E-state index contributed by atoms with van der Waals surface area (Å²) in [5.41, 5.74) is 4.31. The SMILES string of the molecule is CCNC/C(=C/c1ccc2c(c1)CCO2)C1CCCCC1. The number of benzene rings is 1. The van der Waals surface area contributed by atoms with Crippen LogP contribution >= 0.6 is 0 Å². The van der Waals surface area contributed by atoms with Crippen LogP contribution in [0.25, 0.3) is 6.08 Å². The fourth-order valence-corrected chi connectivity index (χ4v) is 3.57. The molecule has 1 heterocycles. The van der Waals surface area contributed by atoms with Gasteiger partial charge >= 0.3 is 0 Å². The van der Waals surface area contributed by atoms with E-state index in [1.165, 1.54) is 43.2 Å². The molecule has 2 aliphatic rings. The number of nitrogens with one attached hydrogen (secondary N) is 1. The zero-order valence-electron chi connectivity index (χ0n) is 13.2. The zero-order valence-corrected chi connectivity index (χ0v) is 13.2. The average Bonchev–Trinajstić information content (AvgIpc) is 3.00. The van der Waals surface area contributed by atoms with Crippen molar-refractivity contribution in [3.63, 3.8) is 0 Å². The first-order valence-corrected chi connectivity index (χ1v) is 8.53. The van der Waals surface area contributed by atoms with Crippen molar-refractivity contribution in [3.05, 3.63) is 34.9 Å². The minimum absolute atomic E-state index is 0.780. The fraction of sp³-hybridized carbons (Fsp3) is 0.579. The molecule has 3 rings (SSSR count). The van der Waals surface area contributed by atoms with Gasteiger partial charge < -0.3 is 10.1 Å². The number of rotatable bonds is 5. The van der Waals surface area contributed by atoms with Gasteiger partial charge in [0, 0.05) is 13.0 Å². The molecule has 1 aliphatic carbocycles. The van der Waals surface area contributed by atoms with Gasteiger partial charge in [-0.25, -0.2) is 0 Å². The predicted octanol–water partition coefficient (Wildman–Crippen LogP) is 4.19. The maximum Gasteiger partial charge on any atom is 0.122 e. The zero-order chi connectivity index (χ0) is 14.5. The van der Waals surface area contributed by atoms with E-state index in [1.54, 1.807) is 5.57 Å². The first kappa shape index (κ1) is 14.6. The molecule has 1 aromatic rings. The summed E-state index contributed by atoms with van der Waals surface area (Å²) in [4.78, 5) is 0. The first-order valence-electron chi connectivity index (χ1n) is 8.53. The van der Waals surface area contributed by atoms with E-state index in [9.17, 15) is 0 Å². The molecule has 1 aromatic carbocycles. The third kappa shape index (κ3) is 3.68. The molecule has 1 aliphatic heterocycles. The van der Waals surface area contributed by atoms with Gasteiger partial charge in [-0.2, -0.15) is 0 Å². The minimum atomic E-state index is 0.780. The number of hydrogen-bond acceptors (Lipinski definition) is 2. The lowest BCUT2D eigenvalue weighted by atomic mass is 9.83. The van der Waals surface area contributed by atoms with E-state index >= 15 is 0 Å². The molecule has 1 fully saturated rings. The largest absolute Gasteiger partial charge is 0.493 e. The average molecular weight is 285 g/mol. The van der Waals surface area contributed by atoms with Gasteiger partial charge in [0.2, 0.25) is 0 Å². The highest BCUT2D eigenvalue weighted by molar-refractivity contribution is 5.57. The molecule has 0 atom stereocenters. The Balaban J connectivity index is 1.80. The molecular formula is C19H27NO. The third-order valence-corrected chi connectivity index (χ3v) is 4.77. The molecule has 0 spiro atoms. The molecule has 0 saturated heterocycles. The van der Waals surface area contributed by atoms with Gasteiger partial charge in [-0.1, -0.05) is 43.9 Å². The van der Waals surface area contributed by atoms with E-state index in [2.05, 4.69) is 36.5 Å². The van der Waals surface area contributed by atoms with Crippen molar-refractivity contribution in [2.24, 2.45) is 5.92 Å². The smallest absolute Gasteiger partial charge is 0.122 e. The normalized spacial score (nSPS) is 19.4. The van der Waals surface area contributed by atoms with E-state index in [0.717, 1.165) is 37.8 Å². The van der Waals surface area contributed by atoms with Crippen LogP contribution in [0, 0.1) is 5.92 Å². The van der Waals surface area contributed by atoms with Crippen molar-refractivity contribution < 1.29 is 4.74 Å². The third-order valence-electron chi connectivity index (χ3n) is 4.77. The molecule has 21 heavy (non-hydrogen) atoms.